The summed E-state index contributed by atoms with van der Waals surface area (Å²) in [5.74, 6) is 1.95. The molecule has 0 saturated carbocycles. The molecule has 2 heterocycles. The number of carbonyl (C=O) groups is 1. The van der Waals surface area contributed by atoms with E-state index in [9.17, 15) is 4.79 Å². The average Bonchev–Trinajstić information content (AvgIpc) is 2.69. The number of nitrogens with one attached hydrogen (secondary N) is 1. The molecule has 0 aromatic heterocycles. The fraction of sp³-hybridized carbons (Fsp3) is 0.562. The first-order valence-corrected chi connectivity index (χ1v) is 7.41. The zero-order valence-corrected chi connectivity index (χ0v) is 11.9. The van der Waals surface area contributed by atoms with Gasteiger partial charge in [0.25, 0.3) is 0 Å². The van der Waals surface area contributed by atoms with Crippen molar-refractivity contribution >= 4 is 5.78 Å². The van der Waals surface area contributed by atoms with E-state index in [1.807, 2.05) is 18.2 Å². The first-order valence-electron chi connectivity index (χ1n) is 7.41. The predicted octanol–water partition coefficient (Wildman–Crippen LogP) is 2.42. The molecule has 1 aromatic carbocycles. The van der Waals surface area contributed by atoms with Crippen LogP contribution < -0.4 is 14.8 Å². The summed E-state index contributed by atoms with van der Waals surface area (Å²) < 4.78 is 11.4. The monoisotopic (exact) mass is 275 g/mol. The summed E-state index contributed by atoms with van der Waals surface area (Å²) in [6, 6.07) is 5.47. The van der Waals surface area contributed by atoms with Crippen molar-refractivity contribution in [3.8, 4) is 11.5 Å². The summed E-state index contributed by atoms with van der Waals surface area (Å²) in [7, 11) is 0. The molecule has 4 nitrogen and oxygen atoms in total. The van der Waals surface area contributed by atoms with Crippen LogP contribution in [0.15, 0.2) is 18.2 Å². The number of carbonyl (C=O) groups excluding carboxylic acids is 1. The summed E-state index contributed by atoms with van der Waals surface area (Å²) >= 11 is 0. The molecule has 2 atom stereocenters. The van der Waals surface area contributed by atoms with Gasteiger partial charge in [0.2, 0.25) is 0 Å². The Morgan fingerprint density at radius 3 is 2.75 bits per heavy atom. The first kappa shape index (κ1) is 13.4. The molecule has 2 aliphatic heterocycles. The maximum atomic E-state index is 12.5. The van der Waals surface area contributed by atoms with Gasteiger partial charge in [-0.05, 0) is 37.6 Å². The number of rotatable bonds is 2. The average molecular weight is 275 g/mol. The summed E-state index contributed by atoms with van der Waals surface area (Å²) in [5.41, 5.74) is 0.710. The first-order chi connectivity index (χ1) is 9.74. The van der Waals surface area contributed by atoms with Gasteiger partial charge in [0, 0.05) is 11.5 Å². The quantitative estimate of drug-likeness (QED) is 0.842. The molecule has 20 heavy (non-hydrogen) atoms. The fourth-order valence-electron chi connectivity index (χ4n) is 2.68. The van der Waals surface area contributed by atoms with E-state index < -0.39 is 0 Å². The topological polar surface area (TPSA) is 47.6 Å². The molecule has 0 amide bonds. The molecule has 3 rings (SSSR count). The molecule has 4 heteroatoms. The van der Waals surface area contributed by atoms with E-state index in [1.54, 1.807) is 0 Å². The van der Waals surface area contributed by atoms with Gasteiger partial charge in [-0.1, -0.05) is 13.3 Å². The lowest BCUT2D eigenvalue weighted by Gasteiger charge is -2.22. The van der Waals surface area contributed by atoms with Crippen LogP contribution in [0.4, 0.5) is 0 Å². The van der Waals surface area contributed by atoms with Crippen molar-refractivity contribution in [2.45, 2.75) is 32.2 Å². The van der Waals surface area contributed by atoms with E-state index in [0.29, 0.717) is 30.4 Å². The summed E-state index contributed by atoms with van der Waals surface area (Å²) in [5, 5.41) is 3.30. The second-order valence-electron chi connectivity index (χ2n) is 5.76. The zero-order chi connectivity index (χ0) is 13.9. The molecule has 0 radical (unpaired) electrons. The number of benzene rings is 1. The van der Waals surface area contributed by atoms with Crippen LogP contribution in [0.5, 0.6) is 11.5 Å². The maximum absolute atomic E-state index is 12.5. The minimum absolute atomic E-state index is 0.0487. The number of fused-ring (bicyclic) bond motifs is 1. The number of piperidine rings is 1. The van der Waals surface area contributed by atoms with Crippen LogP contribution >= 0.6 is 0 Å². The Bertz CT molecular complexity index is 494. The van der Waals surface area contributed by atoms with Crippen LogP contribution in [0.25, 0.3) is 0 Å². The van der Waals surface area contributed by atoms with Gasteiger partial charge >= 0.3 is 0 Å². The normalized spacial score (nSPS) is 25.9. The molecule has 1 fully saturated rings. The Balaban J connectivity index is 1.79. The van der Waals surface area contributed by atoms with Crippen molar-refractivity contribution in [1.29, 1.82) is 0 Å². The Hall–Kier alpha value is -1.55. The zero-order valence-electron chi connectivity index (χ0n) is 11.9. The standard InChI is InChI=1S/C16H21NO3/c1-11-9-19-14-6-5-12(8-15(14)20-10-11)16(18)13-4-2-3-7-17-13/h5-6,8,11,13,17H,2-4,7,9-10H2,1H3. The van der Waals surface area contributed by atoms with Gasteiger partial charge in [0.1, 0.15) is 0 Å². The summed E-state index contributed by atoms with van der Waals surface area (Å²) in [6.45, 7) is 4.30. The highest BCUT2D eigenvalue weighted by molar-refractivity contribution is 6.00. The number of hydrogen-bond acceptors (Lipinski definition) is 4. The second kappa shape index (κ2) is 5.83. The second-order valence-corrected chi connectivity index (χ2v) is 5.76. The van der Waals surface area contributed by atoms with Crippen LogP contribution in [-0.2, 0) is 0 Å². The number of Topliss-reactive ketones (excluding diaryl/α,β-unsaturated/α-hetero) is 1. The largest absolute Gasteiger partial charge is 0.489 e. The molecule has 0 spiro atoms. The highest BCUT2D eigenvalue weighted by Crippen LogP contribution is 2.32. The van der Waals surface area contributed by atoms with Gasteiger partial charge < -0.3 is 14.8 Å². The third-order valence-electron chi connectivity index (χ3n) is 3.90. The third kappa shape index (κ3) is 2.80. The Labute approximate surface area is 119 Å². The van der Waals surface area contributed by atoms with E-state index in [4.69, 9.17) is 9.47 Å². The SMILES string of the molecule is CC1COc2ccc(C(=O)C3CCCCN3)cc2OC1. The lowest BCUT2D eigenvalue weighted by molar-refractivity contribution is 0.0926. The molecule has 2 aliphatic rings. The van der Waals surface area contributed by atoms with Crippen LogP contribution in [0.2, 0.25) is 0 Å². The highest BCUT2D eigenvalue weighted by Gasteiger charge is 2.23. The van der Waals surface area contributed by atoms with Gasteiger partial charge in [-0.3, -0.25) is 4.79 Å². The minimum Gasteiger partial charge on any atom is -0.489 e. The predicted molar refractivity (Wildman–Crippen MR) is 76.6 cm³/mol. The lowest BCUT2D eigenvalue weighted by atomic mass is 9.96. The molecule has 108 valence electrons. The molecule has 1 N–H and O–H groups in total. The number of hydrogen-bond donors (Lipinski definition) is 1. The van der Waals surface area contributed by atoms with Gasteiger partial charge in [0.15, 0.2) is 17.3 Å². The number of ether oxygens (including phenoxy) is 2. The van der Waals surface area contributed by atoms with Crippen molar-refractivity contribution in [3.05, 3.63) is 23.8 Å². The van der Waals surface area contributed by atoms with E-state index in [-0.39, 0.29) is 11.8 Å². The molecule has 0 aliphatic carbocycles. The lowest BCUT2D eigenvalue weighted by Crippen LogP contribution is -2.40. The third-order valence-corrected chi connectivity index (χ3v) is 3.90. The van der Waals surface area contributed by atoms with E-state index in [0.717, 1.165) is 31.6 Å². The van der Waals surface area contributed by atoms with Crippen LogP contribution in [0.1, 0.15) is 36.5 Å². The van der Waals surface area contributed by atoms with Gasteiger partial charge in [-0.25, -0.2) is 0 Å². The van der Waals surface area contributed by atoms with Crippen molar-refractivity contribution in [3.63, 3.8) is 0 Å². The van der Waals surface area contributed by atoms with Crippen LogP contribution in [0.3, 0.4) is 0 Å². The van der Waals surface area contributed by atoms with Crippen molar-refractivity contribution in [2.75, 3.05) is 19.8 Å². The fourth-order valence-corrected chi connectivity index (χ4v) is 2.68. The van der Waals surface area contributed by atoms with Gasteiger partial charge in [-0.15, -0.1) is 0 Å². The minimum atomic E-state index is -0.0487. The van der Waals surface area contributed by atoms with E-state index >= 15 is 0 Å². The Morgan fingerprint density at radius 1 is 1.20 bits per heavy atom. The van der Waals surface area contributed by atoms with Crippen molar-refractivity contribution in [1.82, 2.24) is 5.32 Å². The Kier molecular flexibility index (Phi) is 3.92. The van der Waals surface area contributed by atoms with Crippen LogP contribution in [0, 0.1) is 5.92 Å². The van der Waals surface area contributed by atoms with E-state index in [2.05, 4.69) is 12.2 Å². The van der Waals surface area contributed by atoms with Crippen molar-refractivity contribution < 1.29 is 14.3 Å². The van der Waals surface area contributed by atoms with Crippen molar-refractivity contribution in [2.24, 2.45) is 5.92 Å². The molecule has 0 bridgehead atoms. The molecular formula is C16H21NO3. The highest BCUT2D eigenvalue weighted by atomic mass is 16.5. The van der Waals surface area contributed by atoms with Gasteiger partial charge in [0.05, 0.1) is 19.3 Å². The van der Waals surface area contributed by atoms with Gasteiger partial charge in [-0.2, -0.15) is 0 Å². The van der Waals surface area contributed by atoms with E-state index in [1.165, 1.54) is 0 Å². The molecular weight excluding hydrogens is 254 g/mol. The molecule has 1 aromatic rings. The van der Waals surface area contributed by atoms with Crippen LogP contribution in [-0.4, -0.2) is 31.6 Å². The smallest absolute Gasteiger partial charge is 0.179 e. The summed E-state index contributed by atoms with van der Waals surface area (Å²) in [4.78, 5) is 12.5. The number of ketones is 1. The summed E-state index contributed by atoms with van der Waals surface area (Å²) in [6.07, 6.45) is 3.19. The molecule has 2 unspecified atom stereocenters. The molecule has 1 saturated heterocycles. The maximum Gasteiger partial charge on any atom is 0.179 e. The Morgan fingerprint density at radius 2 is 2.00 bits per heavy atom.